The number of carbonyl (C=O) groups is 1. The molecule has 0 saturated carbocycles. The minimum absolute atomic E-state index is 0.208. The standard InChI is InChI=1S/C15H14ClFN6OS2/c1-9-19-21-15(26-9)25-5-4-18-14(24)13-8-23(22-20-13)7-10-2-3-11(17)6-12(10)16/h2-3,6,8H,4-5,7H2,1H3,(H,18,24). The van der Waals surface area contributed by atoms with Crippen LogP contribution in [0.2, 0.25) is 5.02 Å². The Morgan fingerprint density at radius 2 is 2.23 bits per heavy atom. The predicted octanol–water partition coefficient (Wildman–Crippen LogP) is 2.80. The van der Waals surface area contributed by atoms with Crippen molar-refractivity contribution in [3.05, 3.63) is 51.5 Å². The molecule has 7 nitrogen and oxygen atoms in total. The summed E-state index contributed by atoms with van der Waals surface area (Å²) < 4.78 is 15.4. The van der Waals surface area contributed by atoms with Crippen LogP contribution in [0.5, 0.6) is 0 Å². The van der Waals surface area contributed by atoms with Gasteiger partial charge in [0, 0.05) is 17.3 Å². The second kappa shape index (κ2) is 8.56. The number of benzene rings is 1. The summed E-state index contributed by atoms with van der Waals surface area (Å²) in [6.45, 7) is 2.66. The molecule has 0 aliphatic rings. The normalized spacial score (nSPS) is 10.9. The fourth-order valence-electron chi connectivity index (χ4n) is 2.03. The summed E-state index contributed by atoms with van der Waals surface area (Å²) in [6, 6.07) is 4.13. The van der Waals surface area contributed by atoms with Crippen molar-refractivity contribution in [1.29, 1.82) is 0 Å². The lowest BCUT2D eigenvalue weighted by molar-refractivity contribution is 0.0951. The summed E-state index contributed by atoms with van der Waals surface area (Å²) in [6.07, 6.45) is 1.52. The van der Waals surface area contributed by atoms with Gasteiger partial charge in [-0.05, 0) is 24.6 Å². The number of amides is 1. The minimum atomic E-state index is -0.404. The Balaban J connectivity index is 1.49. The Hall–Kier alpha value is -2.04. The molecule has 0 atom stereocenters. The average molecular weight is 413 g/mol. The van der Waals surface area contributed by atoms with Gasteiger partial charge in [0.05, 0.1) is 12.7 Å². The van der Waals surface area contributed by atoms with Crippen molar-refractivity contribution in [2.45, 2.75) is 17.8 Å². The first kappa shape index (κ1) is 18.7. The number of aryl methyl sites for hydroxylation is 1. The van der Waals surface area contributed by atoms with Crippen LogP contribution < -0.4 is 5.32 Å². The number of rotatable bonds is 7. The Morgan fingerprint density at radius 1 is 1.38 bits per heavy atom. The molecule has 3 aromatic rings. The van der Waals surface area contributed by atoms with Gasteiger partial charge in [-0.15, -0.1) is 15.3 Å². The van der Waals surface area contributed by atoms with Gasteiger partial charge in [-0.1, -0.05) is 46.0 Å². The van der Waals surface area contributed by atoms with Gasteiger partial charge in [0.25, 0.3) is 5.91 Å². The summed E-state index contributed by atoms with van der Waals surface area (Å²) in [5.41, 5.74) is 0.897. The van der Waals surface area contributed by atoms with E-state index in [-0.39, 0.29) is 11.6 Å². The molecule has 0 bridgehead atoms. The van der Waals surface area contributed by atoms with Gasteiger partial charge in [-0.25, -0.2) is 9.07 Å². The fourth-order valence-corrected chi connectivity index (χ4v) is 4.00. The zero-order valence-corrected chi connectivity index (χ0v) is 16.0. The van der Waals surface area contributed by atoms with E-state index < -0.39 is 5.82 Å². The van der Waals surface area contributed by atoms with Crippen molar-refractivity contribution in [2.75, 3.05) is 12.3 Å². The Morgan fingerprint density at radius 3 is 2.96 bits per heavy atom. The van der Waals surface area contributed by atoms with Crippen LogP contribution in [0.25, 0.3) is 0 Å². The largest absolute Gasteiger partial charge is 0.350 e. The quantitative estimate of drug-likeness (QED) is 0.474. The van der Waals surface area contributed by atoms with Crippen LogP contribution in [-0.2, 0) is 6.54 Å². The van der Waals surface area contributed by atoms with Gasteiger partial charge in [0.1, 0.15) is 10.8 Å². The highest BCUT2D eigenvalue weighted by molar-refractivity contribution is 8.01. The molecule has 0 spiro atoms. The van der Waals surface area contributed by atoms with Gasteiger partial charge in [-0.3, -0.25) is 4.79 Å². The Labute approximate surface area is 162 Å². The molecule has 0 fully saturated rings. The number of hydrogen-bond acceptors (Lipinski definition) is 7. The maximum Gasteiger partial charge on any atom is 0.273 e. The first-order valence-corrected chi connectivity index (χ1v) is 9.74. The summed E-state index contributed by atoms with van der Waals surface area (Å²) >= 11 is 9.04. The smallest absolute Gasteiger partial charge is 0.273 e. The van der Waals surface area contributed by atoms with Crippen LogP contribution in [-0.4, -0.2) is 43.4 Å². The average Bonchev–Trinajstić information content (AvgIpc) is 3.23. The van der Waals surface area contributed by atoms with E-state index in [1.807, 2.05) is 6.92 Å². The number of aromatic nitrogens is 5. The molecule has 11 heteroatoms. The zero-order valence-electron chi connectivity index (χ0n) is 13.6. The molecule has 1 amide bonds. The SMILES string of the molecule is Cc1nnc(SCCNC(=O)c2cn(Cc3ccc(F)cc3Cl)nn2)s1. The van der Waals surface area contributed by atoms with Crippen molar-refractivity contribution in [3.8, 4) is 0 Å². The second-order valence-electron chi connectivity index (χ2n) is 5.23. The van der Waals surface area contributed by atoms with Crippen LogP contribution in [0.3, 0.4) is 0 Å². The van der Waals surface area contributed by atoms with Crippen molar-refractivity contribution in [3.63, 3.8) is 0 Å². The summed E-state index contributed by atoms with van der Waals surface area (Å²) in [5.74, 6) is -0.0332. The van der Waals surface area contributed by atoms with Crippen molar-refractivity contribution < 1.29 is 9.18 Å². The van der Waals surface area contributed by atoms with Gasteiger partial charge >= 0.3 is 0 Å². The third-order valence-electron chi connectivity index (χ3n) is 3.24. The third kappa shape index (κ3) is 4.99. The number of carbonyl (C=O) groups excluding carboxylic acids is 1. The molecule has 26 heavy (non-hydrogen) atoms. The molecule has 0 saturated heterocycles. The lowest BCUT2D eigenvalue weighted by atomic mass is 10.2. The van der Waals surface area contributed by atoms with Crippen LogP contribution in [0.4, 0.5) is 4.39 Å². The number of nitrogens with one attached hydrogen (secondary N) is 1. The molecule has 0 aliphatic heterocycles. The van der Waals surface area contributed by atoms with Crippen LogP contribution in [0.1, 0.15) is 21.1 Å². The number of nitrogens with zero attached hydrogens (tertiary/aromatic N) is 5. The van der Waals surface area contributed by atoms with E-state index in [0.717, 1.165) is 9.35 Å². The number of halogens is 2. The molecular formula is C15H14ClFN6OS2. The van der Waals surface area contributed by atoms with E-state index in [4.69, 9.17) is 11.6 Å². The van der Waals surface area contributed by atoms with E-state index >= 15 is 0 Å². The molecule has 0 radical (unpaired) electrons. The first-order valence-electron chi connectivity index (χ1n) is 7.56. The maximum atomic E-state index is 13.1. The van der Waals surface area contributed by atoms with E-state index in [1.165, 1.54) is 46.1 Å². The molecule has 136 valence electrons. The molecule has 2 heterocycles. The monoisotopic (exact) mass is 412 g/mol. The first-order chi connectivity index (χ1) is 12.5. The number of hydrogen-bond donors (Lipinski definition) is 1. The zero-order chi connectivity index (χ0) is 18.5. The molecule has 3 rings (SSSR count). The molecule has 1 N–H and O–H groups in total. The lowest BCUT2D eigenvalue weighted by Crippen LogP contribution is -2.26. The molecule has 0 unspecified atom stereocenters. The maximum absolute atomic E-state index is 13.1. The highest BCUT2D eigenvalue weighted by atomic mass is 35.5. The highest BCUT2D eigenvalue weighted by Gasteiger charge is 2.12. The summed E-state index contributed by atoms with van der Waals surface area (Å²) in [7, 11) is 0. The van der Waals surface area contributed by atoms with Gasteiger partial charge in [0.2, 0.25) is 0 Å². The topological polar surface area (TPSA) is 85.6 Å². The Bertz CT molecular complexity index is 915. The second-order valence-corrected chi connectivity index (χ2v) is 8.16. The summed E-state index contributed by atoms with van der Waals surface area (Å²) in [5, 5.41) is 19.7. The molecular weight excluding hydrogens is 399 g/mol. The third-order valence-corrected chi connectivity index (χ3v) is 5.56. The van der Waals surface area contributed by atoms with E-state index in [0.29, 0.717) is 29.4 Å². The van der Waals surface area contributed by atoms with Crippen LogP contribution in [0, 0.1) is 12.7 Å². The van der Waals surface area contributed by atoms with Crippen LogP contribution in [0.15, 0.2) is 28.7 Å². The van der Waals surface area contributed by atoms with Crippen LogP contribution >= 0.6 is 34.7 Å². The van der Waals surface area contributed by atoms with Crippen molar-refractivity contribution >= 4 is 40.6 Å². The lowest BCUT2D eigenvalue weighted by Gasteiger charge is -2.03. The molecule has 1 aromatic carbocycles. The molecule has 0 aliphatic carbocycles. The Kier molecular flexibility index (Phi) is 6.17. The predicted molar refractivity (Wildman–Crippen MR) is 98.2 cm³/mol. The fraction of sp³-hybridized carbons (Fsp3) is 0.267. The summed E-state index contributed by atoms with van der Waals surface area (Å²) in [4.78, 5) is 12.1. The van der Waals surface area contributed by atoms with E-state index in [2.05, 4.69) is 25.8 Å². The van der Waals surface area contributed by atoms with Gasteiger partial charge in [0.15, 0.2) is 10.0 Å². The van der Waals surface area contributed by atoms with E-state index in [9.17, 15) is 9.18 Å². The minimum Gasteiger partial charge on any atom is -0.350 e. The highest BCUT2D eigenvalue weighted by Crippen LogP contribution is 2.21. The van der Waals surface area contributed by atoms with Gasteiger partial charge < -0.3 is 5.32 Å². The van der Waals surface area contributed by atoms with Gasteiger partial charge in [-0.2, -0.15) is 0 Å². The van der Waals surface area contributed by atoms with Crippen molar-refractivity contribution in [2.24, 2.45) is 0 Å². The van der Waals surface area contributed by atoms with E-state index in [1.54, 1.807) is 6.07 Å². The van der Waals surface area contributed by atoms with Crippen molar-refractivity contribution in [1.82, 2.24) is 30.5 Å². The number of thioether (sulfide) groups is 1. The molecule has 2 aromatic heterocycles.